The molecule has 4 aromatic rings. The highest BCUT2D eigenvalue weighted by Gasteiger charge is 2.27. The van der Waals surface area contributed by atoms with E-state index in [9.17, 15) is 21.6 Å². The average molecular weight is 566 g/mol. The molecular formula is C28H27N3O6S2. The predicted molar refractivity (Wildman–Crippen MR) is 151 cm³/mol. The van der Waals surface area contributed by atoms with E-state index in [1.54, 1.807) is 48.5 Å². The van der Waals surface area contributed by atoms with Gasteiger partial charge in [0, 0.05) is 11.4 Å². The minimum atomic E-state index is -4.10. The van der Waals surface area contributed by atoms with E-state index in [4.69, 9.17) is 4.74 Å². The molecule has 39 heavy (non-hydrogen) atoms. The van der Waals surface area contributed by atoms with Gasteiger partial charge in [-0.1, -0.05) is 30.3 Å². The van der Waals surface area contributed by atoms with Crippen LogP contribution >= 0.6 is 0 Å². The van der Waals surface area contributed by atoms with E-state index in [1.807, 2.05) is 13.0 Å². The van der Waals surface area contributed by atoms with Crippen molar-refractivity contribution in [2.75, 3.05) is 28.0 Å². The molecule has 11 heteroatoms. The number of carbonyl (C=O) groups is 1. The topological polar surface area (TPSA) is 122 Å². The van der Waals surface area contributed by atoms with Crippen LogP contribution in [0.3, 0.4) is 0 Å². The molecule has 0 saturated carbocycles. The number of carbonyl (C=O) groups excluding carboxylic acids is 1. The van der Waals surface area contributed by atoms with Gasteiger partial charge in [0.15, 0.2) is 0 Å². The average Bonchev–Trinajstić information content (AvgIpc) is 2.92. The van der Waals surface area contributed by atoms with Crippen molar-refractivity contribution < 1.29 is 26.4 Å². The summed E-state index contributed by atoms with van der Waals surface area (Å²) in [6.45, 7) is 1.35. The highest BCUT2D eigenvalue weighted by Crippen LogP contribution is 2.25. The molecule has 0 spiro atoms. The van der Waals surface area contributed by atoms with Crippen molar-refractivity contribution in [1.29, 1.82) is 0 Å². The first-order valence-corrected chi connectivity index (χ1v) is 14.7. The third-order valence-corrected chi connectivity index (χ3v) is 8.88. The van der Waals surface area contributed by atoms with Crippen LogP contribution in [0.1, 0.15) is 5.56 Å². The number of anilines is 3. The number of methoxy groups -OCH3 is 1. The summed E-state index contributed by atoms with van der Waals surface area (Å²) in [5.74, 6) is -0.109. The lowest BCUT2D eigenvalue weighted by Gasteiger charge is -2.24. The lowest BCUT2D eigenvalue weighted by atomic mass is 10.2. The van der Waals surface area contributed by atoms with Gasteiger partial charge in [0.25, 0.3) is 20.0 Å². The number of amides is 1. The number of nitrogens with zero attached hydrogens (tertiary/aromatic N) is 1. The SMILES string of the molecule is COc1ccc(S(=O)(=O)N(CC(=O)Nc2ccc(S(=O)(=O)Nc3cccc(C)c3)cc2)c2ccccc2)cc1. The van der Waals surface area contributed by atoms with Crippen molar-refractivity contribution in [3.63, 3.8) is 0 Å². The maximum atomic E-state index is 13.5. The van der Waals surface area contributed by atoms with E-state index >= 15 is 0 Å². The van der Waals surface area contributed by atoms with Gasteiger partial charge in [-0.15, -0.1) is 0 Å². The molecule has 0 heterocycles. The number of para-hydroxylation sites is 1. The van der Waals surface area contributed by atoms with Crippen molar-refractivity contribution in [3.05, 3.63) is 109 Å². The third-order valence-electron chi connectivity index (χ3n) is 5.70. The number of ether oxygens (including phenoxy) is 1. The molecule has 0 aliphatic carbocycles. The van der Waals surface area contributed by atoms with E-state index in [1.165, 1.54) is 55.6 Å². The van der Waals surface area contributed by atoms with Gasteiger partial charge < -0.3 is 10.1 Å². The number of hydrogen-bond acceptors (Lipinski definition) is 6. The minimum Gasteiger partial charge on any atom is -0.497 e. The van der Waals surface area contributed by atoms with Crippen LogP contribution in [0.2, 0.25) is 0 Å². The van der Waals surface area contributed by atoms with E-state index in [-0.39, 0.29) is 9.79 Å². The monoisotopic (exact) mass is 565 g/mol. The fourth-order valence-electron chi connectivity index (χ4n) is 3.76. The van der Waals surface area contributed by atoms with Gasteiger partial charge in [0.05, 0.1) is 22.6 Å². The number of nitrogens with one attached hydrogen (secondary N) is 2. The Kier molecular flexibility index (Phi) is 8.22. The number of rotatable bonds is 10. The summed E-state index contributed by atoms with van der Waals surface area (Å²) in [5, 5.41) is 2.64. The Morgan fingerprint density at radius 2 is 1.41 bits per heavy atom. The predicted octanol–water partition coefficient (Wildman–Crippen LogP) is 4.64. The molecule has 0 saturated heterocycles. The molecule has 2 N–H and O–H groups in total. The molecule has 0 aromatic heterocycles. The molecule has 0 aliphatic heterocycles. The summed E-state index contributed by atoms with van der Waals surface area (Å²) in [6.07, 6.45) is 0. The first-order chi connectivity index (χ1) is 18.6. The highest BCUT2D eigenvalue weighted by molar-refractivity contribution is 7.93. The Morgan fingerprint density at radius 1 is 0.769 bits per heavy atom. The van der Waals surface area contributed by atoms with Crippen molar-refractivity contribution in [1.82, 2.24) is 0 Å². The summed E-state index contributed by atoms with van der Waals surface area (Å²) in [5.41, 5.74) is 1.97. The van der Waals surface area contributed by atoms with E-state index < -0.39 is 32.5 Å². The summed E-state index contributed by atoms with van der Waals surface area (Å²) in [6, 6.07) is 26.7. The Morgan fingerprint density at radius 3 is 2.03 bits per heavy atom. The second-order valence-corrected chi connectivity index (χ2v) is 12.1. The lowest BCUT2D eigenvalue weighted by Crippen LogP contribution is -2.38. The first-order valence-electron chi connectivity index (χ1n) is 11.8. The first kappa shape index (κ1) is 27.7. The molecule has 4 aromatic carbocycles. The zero-order chi connectivity index (χ0) is 28.0. The molecule has 0 bridgehead atoms. The summed E-state index contributed by atoms with van der Waals surface area (Å²) in [4.78, 5) is 13.0. The van der Waals surface area contributed by atoms with E-state index in [0.717, 1.165) is 9.87 Å². The Labute approximate surface area is 228 Å². The summed E-state index contributed by atoms with van der Waals surface area (Å²) < 4.78 is 61.1. The van der Waals surface area contributed by atoms with Crippen LogP contribution in [-0.4, -0.2) is 36.4 Å². The van der Waals surface area contributed by atoms with Gasteiger partial charge >= 0.3 is 0 Å². The van der Waals surface area contributed by atoms with Crippen molar-refractivity contribution in [2.24, 2.45) is 0 Å². The minimum absolute atomic E-state index is 0.00405. The second-order valence-electron chi connectivity index (χ2n) is 8.57. The number of hydrogen-bond donors (Lipinski definition) is 2. The van der Waals surface area contributed by atoms with Crippen LogP contribution in [0.5, 0.6) is 5.75 Å². The molecule has 4 rings (SSSR count). The molecule has 9 nitrogen and oxygen atoms in total. The third kappa shape index (κ3) is 6.75. The van der Waals surface area contributed by atoms with E-state index in [2.05, 4.69) is 10.0 Å². The molecule has 1 amide bonds. The lowest BCUT2D eigenvalue weighted by molar-refractivity contribution is -0.114. The zero-order valence-corrected chi connectivity index (χ0v) is 22.9. The molecule has 0 fully saturated rings. The molecule has 0 radical (unpaired) electrons. The van der Waals surface area contributed by atoms with Crippen molar-refractivity contribution >= 4 is 43.0 Å². The molecule has 0 atom stereocenters. The van der Waals surface area contributed by atoms with Crippen molar-refractivity contribution in [2.45, 2.75) is 16.7 Å². The van der Waals surface area contributed by atoms with Crippen LogP contribution in [-0.2, 0) is 24.8 Å². The summed E-state index contributed by atoms with van der Waals surface area (Å²) >= 11 is 0. The van der Waals surface area contributed by atoms with Gasteiger partial charge in [0.2, 0.25) is 5.91 Å². The number of aryl methyl sites for hydroxylation is 1. The maximum absolute atomic E-state index is 13.5. The molecule has 202 valence electrons. The van der Waals surface area contributed by atoms with Crippen LogP contribution < -0.4 is 19.1 Å². The van der Waals surface area contributed by atoms with Gasteiger partial charge in [-0.05, 0) is 85.3 Å². The second kappa shape index (κ2) is 11.6. The van der Waals surface area contributed by atoms with Gasteiger partial charge in [-0.2, -0.15) is 0 Å². The van der Waals surface area contributed by atoms with Gasteiger partial charge in [-0.3, -0.25) is 13.8 Å². The smallest absolute Gasteiger partial charge is 0.264 e. The zero-order valence-electron chi connectivity index (χ0n) is 21.2. The normalized spacial score (nSPS) is 11.4. The van der Waals surface area contributed by atoms with Crippen LogP contribution in [0.4, 0.5) is 17.1 Å². The number of benzene rings is 4. The van der Waals surface area contributed by atoms with Crippen LogP contribution in [0.25, 0.3) is 0 Å². The Hall–Kier alpha value is -4.35. The molecule has 0 aliphatic rings. The Bertz CT molecular complexity index is 1660. The standard InChI is InChI=1S/C28H27N3O6S2/c1-21-7-6-8-23(19-21)30-38(33,34)26-15-11-22(12-16-26)29-28(32)20-31(24-9-4-3-5-10-24)39(35,36)27-17-13-25(37-2)14-18-27/h3-19,30H,20H2,1-2H3,(H,29,32). The summed E-state index contributed by atoms with van der Waals surface area (Å²) in [7, 11) is -6.46. The van der Waals surface area contributed by atoms with Gasteiger partial charge in [0.1, 0.15) is 12.3 Å². The van der Waals surface area contributed by atoms with Gasteiger partial charge in [-0.25, -0.2) is 16.8 Å². The fraction of sp³-hybridized carbons (Fsp3) is 0.107. The quantitative estimate of drug-likeness (QED) is 0.289. The van der Waals surface area contributed by atoms with Crippen LogP contribution in [0.15, 0.2) is 113 Å². The van der Waals surface area contributed by atoms with Crippen LogP contribution in [0, 0.1) is 6.92 Å². The largest absolute Gasteiger partial charge is 0.497 e. The Balaban J connectivity index is 1.51. The highest BCUT2D eigenvalue weighted by atomic mass is 32.2. The molecule has 0 unspecified atom stereocenters. The van der Waals surface area contributed by atoms with E-state index in [0.29, 0.717) is 22.8 Å². The number of sulfonamides is 2. The maximum Gasteiger partial charge on any atom is 0.264 e. The molecular weight excluding hydrogens is 538 g/mol. The van der Waals surface area contributed by atoms with Crippen molar-refractivity contribution in [3.8, 4) is 5.75 Å². The fourth-order valence-corrected chi connectivity index (χ4v) is 6.23.